The van der Waals surface area contributed by atoms with Crippen LogP contribution < -0.4 is 10.1 Å². The molecule has 0 amide bonds. The number of nitrogens with one attached hydrogen (secondary N) is 1. The maximum atomic E-state index is 12.2. The van der Waals surface area contributed by atoms with Gasteiger partial charge in [-0.25, -0.2) is 4.98 Å². The summed E-state index contributed by atoms with van der Waals surface area (Å²) in [6.45, 7) is 8.42. The van der Waals surface area contributed by atoms with Crippen molar-refractivity contribution in [2.45, 2.75) is 52.8 Å². The number of carbonyl (C=O) groups excluding carboxylic acids is 1. The molecule has 0 saturated carbocycles. The Morgan fingerprint density at radius 2 is 1.81 bits per heavy atom. The highest BCUT2D eigenvalue weighted by molar-refractivity contribution is 5.76. The van der Waals surface area contributed by atoms with Crippen LogP contribution in [0.15, 0.2) is 59.0 Å². The molecule has 0 aliphatic rings. The molecule has 0 aliphatic heterocycles. The first-order chi connectivity index (χ1) is 15.0. The predicted octanol–water partition coefficient (Wildman–Crippen LogP) is 4.70. The van der Waals surface area contributed by atoms with Gasteiger partial charge in [0.1, 0.15) is 29.9 Å². The number of oxazole rings is 1. The minimum atomic E-state index is -0.374. The smallest absolute Gasteiger partial charge is 0.323 e. The molecule has 6 nitrogen and oxygen atoms in total. The minimum Gasteiger partial charge on any atom is -0.487 e. The topological polar surface area (TPSA) is 73.6 Å². The van der Waals surface area contributed by atoms with E-state index in [1.165, 1.54) is 0 Å². The Hall–Kier alpha value is -3.12. The van der Waals surface area contributed by atoms with Crippen LogP contribution in [0.2, 0.25) is 0 Å². The normalized spacial score (nSPS) is 12.0. The number of carbonyl (C=O) groups is 1. The molecular formula is C25H30N2O4. The van der Waals surface area contributed by atoms with E-state index in [0.717, 1.165) is 28.3 Å². The average molecular weight is 423 g/mol. The van der Waals surface area contributed by atoms with Crippen molar-refractivity contribution in [2.75, 3.05) is 6.61 Å². The molecule has 6 heteroatoms. The molecule has 0 radical (unpaired) electrons. The lowest BCUT2D eigenvalue weighted by atomic mass is 10.1. The lowest BCUT2D eigenvalue weighted by molar-refractivity contribution is -0.145. The largest absolute Gasteiger partial charge is 0.487 e. The number of rotatable bonds is 10. The second kappa shape index (κ2) is 10.8. The zero-order valence-corrected chi connectivity index (χ0v) is 18.6. The van der Waals surface area contributed by atoms with Crippen LogP contribution in [-0.4, -0.2) is 29.6 Å². The summed E-state index contributed by atoms with van der Waals surface area (Å²) in [5.41, 5.74) is 2.74. The maximum absolute atomic E-state index is 12.2. The standard InChI is InChI=1S/C25H30N2O4/c1-5-29-25(28)22(26-17(2)3)15-19-11-13-21(14-12-19)30-16-23-18(4)31-24(27-23)20-9-7-6-8-10-20/h6-14,17,22,26H,5,15-16H2,1-4H3/t22-/m0/s1. The van der Waals surface area contributed by atoms with E-state index >= 15 is 0 Å². The Balaban J connectivity index is 1.60. The summed E-state index contributed by atoms with van der Waals surface area (Å²) in [5, 5.41) is 3.27. The molecular weight excluding hydrogens is 392 g/mol. The van der Waals surface area contributed by atoms with Crippen molar-refractivity contribution in [1.29, 1.82) is 0 Å². The molecule has 0 bridgehead atoms. The van der Waals surface area contributed by atoms with E-state index in [2.05, 4.69) is 10.3 Å². The molecule has 3 rings (SSSR count). The van der Waals surface area contributed by atoms with Gasteiger partial charge in [-0.05, 0) is 50.1 Å². The zero-order valence-electron chi connectivity index (χ0n) is 18.6. The fourth-order valence-corrected chi connectivity index (χ4v) is 3.23. The van der Waals surface area contributed by atoms with Crippen LogP contribution in [0, 0.1) is 6.92 Å². The Labute approximate surface area is 183 Å². The first-order valence-electron chi connectivity index (χ1n) is 10.6. The van der Waals surface area contributed by atoms with E-state index in [9.17, 15) is 4.79 Å². The highest BCUT2D eigenvalue weighted by Gasteiger charge is 2.21. The van der Waals surface area contributed by atoms with Gasteiger partial charge in [-0.3, -0.25) is 4.79 Å². The number of aryl methyl sites for hydroxylation is 1. The highest BCUT2D eigenvalue weighted by atomic mass is 16.5. The zero-order chi connectivity index (χ0) is 22.2. The summed E-state index contributed by atoms with van der Waals surface area (Å²) in [6.07, 6.45) is 0.556. The number of nitrogens with zero attached hydrogens (tertiary/aromatic N) is 1. The van der Waals surface area contributed by atoms with Gasteiger partial charge in [-0.2, -0.15) is 0 Å². The van der Waals surface area contributed by atoms with Crippen molar-refractivity contribution in [3.63, 3.8) is 0 Å². The van der Waals surface area contributed by atoms with E-state index in [1.54, 1.807) is 0 Å². The molecule has 1 heterocycles. The molecule has 2 aromatic carbocycles. The quantitative estimate of drug-likeness (QED) is 0.478. The molecule has 31 heavy (non-hydrogen) atoms. The van der Waals surface area contributed by atoms with Crippen LogP contribution >= 0.6 is 0 Å². The maximum Gasteiger partial charge on any atom is 0.323 e. The fourth-order valence-electron chi connectivity index (χ4n) is 3.23. The molecule has 0 aliphatic carbocycles. The summed E-state index contributed by atoms with van der Waals surface area (Å²) in [4.78, 5) is 16.8. The van der Waals surface area contributed by atoms with Gasteiger partial charge in [-0.15, -0.1) is 0 Å². The van der Waals surface area contributed by atoms with Gasteiger partial charge >= 0.3 is 5.97 Å². The van der Waals surface area contributed by atoms with Gasteiger partial charge in [0.25, 0.3) is 0 Å². The second-order valence-corrected chi connectivity index (χ2v) is 7.65. The Morgan fingerprint density at radius 1 is 1.10 bits per heavy atom. The van der Waals surface area contributed by atoms with Gasteiger partial charge in [0.15, 0.2) is 0 Å². The van der Waals surface area contributed by atoms with Crippen molar-refractivity contribution in [1.82, 2.24) is 10.3 Å². The third kappa shape index (κ3) is 6.43. The van der Waals surface area contributed by atoms with Crippen LogP contribution in [0.5, 0.6) is 5.75 Å². The second-order valence-electron chi connectivity index (χ2n) is 7.65. The van der Waals surface area contributed by atoms with Gasteiger partial charge < -0.3 is 19.2 Å². The molecule has 0 spiro atoms. The van der Waals surface area contributed by atoms with Crippen molar-refractivity contribution in [2.24, 2.45) is 0 Å². The van der Waals surface area contributed by atoms with E-state index in [1.807, 2.05) is 82.3 Å². The van der Waals surface area contributed by atoms with Gasteiger partial charge in [0, 0.05) is 11.6 Å². The van der Waals surface area contributed by atoms with Gasteiger partial charge in [-0.1, -0.05) is 44.2 Å². The molecule has 1 aromatic heterocycles. The summed E-state index contributed by atoms with van der Waals surface area (Å²) in [7, 11) is 0. The van der Waals surface area contributed by atoms with E-state index < -0.39 is 0 Å². The average Bonchev–Trinajstić information content (AvgIpc) is 3.14. The third-order valence-corrected chi connectivity index (χ3v) is 4.76. The number of hydrogen-bond donors (Lipinski definition) is 1. The summed E-state index contributed by atoms with van der Waals surface area (Å²) in [6, 6.07) is 17.3. The van der Waals surface area contributed by atoms with Gasteiger partial charge in [0.05, 0.1) is 6.61 Å². The van der Waals surface area contributed by atoms with Crippen LogP contribution in [0.1, 0.15) is 37.8 Å². The number of benzene rings is 2. The summed E-state index contributed by atoms with van der Waals surface area (Å²) >= 11 is 0. The van der Waals surface area contributed by atoms with E-state index in [0.29, 0.717) is 25.5 Å². The van der Waals surface area contributed by atoms with Gasteiger partial charge in [0.2, 0.25) is 5.89 Å². The van der Waals surface area contributed by atoms with Crippen LogP contribution in [0.25, 0.3) is 11.5 Å². The highest BCUT2D eigenvalue weighted by Crippen LogP contribution is 2.23. The molecule has 0 saturated heterocycles. The first kappa shape index (κ1) is 22.6. The SMILES string of the molecule is CCOC(=O)[C@H](Cc1ccc(OCc2nc(-c3ccccc3)oc2C)cc1)NC(C)C. The number of aromatic nitrogens is 1. The third-order valence-electron chi connectivity index (χ3n) is 4.76. The molecule has 3 aromatic rings. The van der Waals surface area contributed by atoms with Crippen LogP contribution in [0.4, 0.5) is 0 Å². The first-order valence-corrected chi connectivity index (χ1v) is 10.6. The van der Waals surface area contributed by atoms with Crippen molar-refractivity contribution in [3.05, 3.63) is 71.6 Å². The molecule has 0 unspecified atom stereocenters. The Kier molecular flexibility index (Phi) is 7.84. The fraction of sp³-hybridized carbons (Fsp3) is 0.360. The van der Waals surface area contributed by atoms with E-state index in [4.69, 9.17) is 13.9 Å². The number of hydrogen-bond acceptors (Lipinski definition) is 6. The lowest BCUT2D eigenvalue weighted by Crippen LogP contribution is -2.43. The molecule has 164 valence electrons. The van der Waals surface area contributed by atoms with E-state index in [-0.39, 0.29) is 18.1 Å². The summed E-state index contributed by atoms with van der Waals surface area (Å²) in [5.74, 6) is 1.84. The Morgan fingerprint density at radius 3 is 2.45 bits per heavy atom. The number of ether oxygens (including phenoxy) is 2. The van der Waals surface area contributed by atoms with Crippen LogP contribution in [0.3, 0.4) is 0 Å². The molecule has 0 fully saturated rings. The van der Waals surface area contributed by atoms with Crippen molar-refractivity contribution < 1.29 is 18.7 Å². The Bertz CT molecular complexity index is 965. The van der Waals surface area contributed by atoms with Crippen molar-refractivity contribution >= 4 is 5.97 Å². The molecule has 1 N–H and O–H groups in total. The summed E-state index contributed by atoms with van der Waals surface area (Å²) < 4.78 is 16.9. The lowest BCUT2D eigenvalue weighted by Gasteiger charge is -2.20. The molecule has 1 atom stereocenters. The van der Waals surface area contributed by atoms with Crippen LogP contribution in [-0.2, 0) is 22.6 Å². The monoisotopic (exact) mass is 422 g/mol. The predicted molar refractivity (Wildman–Crippen MR) is 120 cm³/mol. The van der Waals surface area contributed by atoms with Crippen molar-refractivity contribution in [3.8, 4) is 17.2 Å². The number of esters is 1. The minimum absolute atomic E-state index is 0.184.